The van der Waals surface area contributed by atoms with Crippen molar-refractivity contribution in [3.8, 4) is 5.75 Å². The quantitative estimate of drug-likeness (QED) is 0.373. The molecule has 1 unspecified atom stereocenters. The van der Waals surface area contributed by atoms with E-state index in [1.807, 2.05) is 18.2 Å². The standard InChI is InChI=1S/C35H44ClN3O5S/c1-3-33(40)37-45(42)18-7-5-4-6-10-31(43-2)28-14-11-26(28)21-39-22-35(17-8-9-24-19-27(36)13-15-29(24)35)23-44-32-16-12-25(20-30(32)39)34(41)38-45/h6,10,12-13,15-16,19-20,26,28,31H,3-5,7-9,11,14,17-18,21-23H2,1-2H3,(H,37,38,40,41,42)/b10-6+/t26-,28+,31-,35-,45?/m0/s1. The van der Waals surface area contributed by atoms with Crippen LogP contribution in [0, 0.1) is 11.8 Å². The Hall–Kier alpha value is -2.88. The lowest BCUT2D eigenvalue weighted by Gasteiger charge is -2.46. The van der Waals surface area contributed by atoms with Crippen LogP contribution in [-0.2, 0) is 31.3 Å². The minimum absolute atomic E-state index is 0.0182. The van der Waals surface area contributed by atoms with Crippen LogP contribution in [0.15, 0.2) is 52.9 Å². The summed E-state index contributed by atoms with van der Waals surface area (Å²) in [6.07, 6.45) is 11.9. The van der Waals surface area contributed by atoms with Gasteiger partial charge in [0, 0.05) is 42.6 Å². The van der Waals surface area contributed by atoms with Crippen LogP contribution < -0.4 is 14.4 Å². The Morgan fingerprint density at radius 3 is 2.84 bits per heavy atom. The number of hydrogen-bond donors (Lipinski definition) is 1. The lowest BCUT2D eigenvalue weighted by molar-refractivity contribution is -0.118. The molecule has 6 rings (SSSR count). The molecule has 0 aromatic heterocycles. The van der Waals surface area contributed by atoms with Gasteiger partial charge < -0.3 is 14.4 Å². The SMILES string of the molecule is CCC(=O)NS1(=O)=NC(=O)c2ccc3c(c2)N(C[C@@H]2CC[C@H]2[C@@H](OC)/C=C/CCCC1)C[C@@]1(CCCc2cc(Cl)ccc21)CO3. The summed E-state index contributed by atoms with van der Waals surface area (Å²) in [7, 11) is -1.50. The van der Waals surface area contributed by atoms with Gasteiger partial charge >= 0.3 is 0 Å². The molecule has 4 aliphatic rings. The first kappa shape index (κ1) is 32.1. The van der Waals surface area contributed by atoms with E-state index < -0.39 is 15.8 Å². The van der Waals surface area contributed by atoms with E-state index in [-0.39, 0.29) is 29.6 Å². The number of aryl methyl sites for hydroxylation is 1. The molecule has 0 radical (unpaired) electrons. The van der Waals surface area contributed by atoms with Crippen molar-refractivity contribution in [1.82, 2.24) is 4.72 Å². The molecule has 1 N–H and O–H groups in total. The number of anilines is 1. The number of methoxy groups -OCH3 is 1. The molecular formula is C35H44ClN3O5S. The van der Waals surface area contributed by atoms with Gasteiger partial charge in [0.15, 0.2) is 0 Å². The Bertz CT molecular complexity index is 1600. The van der Waals surface area contributed by atoms with E-state index in [1.165, 1.54) is 11.1 Å². The van der Waals surface area contributed by atoms with Gasteiger partial charge in [0.1, 0.15) is 15.7 Å². The summed E-state index contributed by atoms with van der Waals surface area (Å²) in [5, 5.41) is 0.749. The van der Waals surface area contributed by atoms with Crippen LogP contribution in [0.2, 0.25) is 5.02 Å². The van der Waals surface area contributed by atoms with E-state index >= 15 is 0 Å². The fourth-order valence-electron chi connectivity index (χ4n) is 7.53. The minimum Gasteiger partial charge on any atom is -0.490 e. The van der Waals surface area contributed by atoms with Crippen molar-refractivity contribution in [2.45, 2.75) is 76.2 Å². The fraction of sp³-hybridized carbons (Fsp3) is 0.543. The highest BCUT2D eigenvalue weighted by molar-refractivity contribution is 7.92. The van der Waals surface area contributed by atoms with Gasteiger partial charge in [0.25, 0.3) is 5.91 Å². The first-order chi connectivity index (χ1) is 21.7. The fourth-order valence-corrected chi connectivity index (χ4v) is 9.43. The molecule has 2 bridgehead atoms. The average Bonchev–Trinajstić information content (AvgIpc) is 3.16. The molecule has 45 heavy (non-hydrogen) atoms. The van der Waals surface area contributed by atoms with E-state index in [4.69, 9.17) is 21.1 Å². The number of nitrogens with zero attached hydrogens (tertiary/aromatic N) is 2. The highest BCUT2D eigenvalue weighted by atomic mass is 35.5. The van der Waals surface area contributed by atoms with Gasteiger partial charge in [0.05, 0.1) is 24.2 Å². The first-order valence-electron chi connectivity index (χ1n) is 16.3. The predicted octanol–water partition coefficient (Wildman–Crippen LogP) is 6.64. The van der Waals surface area contributed by atoms with Crippen LogP contribution in [0.4, 0.5) is 5.69 Å². The number of benzene rings is 2. The maximum Gasteiger partial charge on any atom is 0.286 e. The highest BCUT2D eigenvalue weighted by Crippen LogP contribution is 2.47. The monoisotopic (exact) mass is 653 g/mol. The molecular weight excluding hydrogens is 610 g/mol. The summed E-state index contributed by atoms with van der Waals surface area (Å²) in [4.78, 5) is 28.3. The van der Waals surface area contributed by atoms with E-state index in [0.717, 1.165) is 74.5 Å². The van der Waals surface area contributed by atoms with Crippen LogP contribution in [-0.4, -0.2) is 54.7 Å². The number of fused-ring (bicyclic) bond motifs is 4. The number of amides is 2. The van der Waals surface area contributed by atoms with Crippen molar-refractivity contribution in [1.29, 1.82) is 0 Å². The average molecular weight is 654 g/mol. The summed E-state index contributed by atoms with van der Waals surface area (Å²) < 4.78 is 33.2. The maximum absolute atomic E-state index is 13.8. The third kappa shape index (κ3) is 6.81. The van der Waals surface area contributed by atoms with E-state index in [0.29, 0.717) is 30.4 Å². The number of nitrogens with one attached hydrogen (secondary N) is 1. The molecule has 242 valence electrons. The lowest BCUT2D eigenvalue weighted by Crippen LogP contribution is -2.49. The maximum atomic E-state index is 13.8. The largest absolute Gasteiger partial charge is 0.490 e. The van der Waals surface area contributed by atoms with Crippen molar-refractivity contribution < 1.29 is 23.3 Å². The van der Waals surface area contributed by atoms with Crippen LogP contribution in [0.5, 0.6) is 5.75 Å². The van der Waals surface area contributed by atoms with Gasteiger partial charge in [-0.05, 0) is 105 Å². The molecule has 2 aliphatic carbocycles. The Labute approximate surface area is 272 Å². The summed E-state index contributed by atoms with van der Waals surface area (Å²) >= 11 is 6.43. The van der Waals surface area contributed by atoms with Gasteiger partial charge in [0.2, 0.25) is 5.91 Å². The Kier molecular flexibility index (Phi) is 9.60. The Balaban J connectivity index is 1.43. The van der Waals surface area contributed by atoms with Crippen molar-refractivity contribution in [3.05, 3.63) is 70.3 Å². The molecule has 1 fully saturated rings. The van der Waals surface area contributed by atoms with Crippen LogP contribution >= 0.6 is 11.6 Å². The number of halogens is 1. The second kappa shape index (κ2) is 13.5. The van der Waals surface area contributed by atoms with Gasteiger partial charge in [-0.25, -0.2) is 4.21 Å². The lowest BCUT2D eigenvalue weighted by atomic mass is 9.68. The molecule has 10 heteroatoms. The third-order valence-electron chi connectivity index (χ3n) is 10.1. The highest BCUT2D eigenvalue weighted by Gasteiger charge is 2.44. The molecule has 8 nitrogen and oxygen atoms in total. The number of allylic oxidation sites excluding steroid dienone is 1. The molecule has 2 amide bonds. The normalized spacial score (nSPS) is 30.8. The number of carbonyl (C=O) groups excluding carboxylic acids is 2. The summed E-state index contributed by atoms with van der Waals surface area (Å²) in [5.74, 6) is 0.663. The van der Waals surface area contributed by atoms with E-state index in [2.05, 4.69) is 38.3 Å². The molecule has 2 aromatic carbocycles. The molecule has 2 aromatic rings. The number of rotatable bonds is 3. The molecule has 1 spiro atoms. The summed E-state index contributed by atoms with van der Waals surface area (Å²) in [5.41, 5.74) is 3.51. The molecule has 0 saturated heterocycles. The second-order valence-electron chi connectivity index (χ2n) is 13.0. The summed E-state index contributed by atoms with van der Waals surface area (Å²) in [6, 6.07) is 11.6. The molecule has 5 atom stereocenters. The smallest absolute Gasteiger partial charge is 0.286 e. The zero-order valence-corrected chi connectivity index (χ0v) is 27.8. The Morgan fingerprint density at radius 2 is 2.07 bits per heavy atom. The van der Waals surface area contributed by atoms with Gasteiger partial charge in [-0.15, -0.1) is 4.36 Å². The van der Waals surface area contributed by atoms with E-state index in [1.54, 1.807) is 20.1 Å². The number of carbonyl (C=O) groups is 2. The zero-order chi connectivity index (χ0) is 31.6. The molecule has 2 heterocycles. The van der Waals surface area contributed by atoms with Crippen molar-refractivity contribution in [3.63, 3.8) is 0 Å². The predicted molar refractivity (Wildman–Crippen MR) is 178 cm³/mol. The van der Waals surface area contributed by atoms with Gasteiger partial charge in [-0.1, -0.05) is 36.7 Å². The molecule has 2 aliphatic heterocycles. The van der Waals surface area contributed by atoms with Gasteiger partial charge in [-0.2, -0.15) is 0 Å². The van der Waals surface area contributed by atoms with Crippen molar-refractivity contribution in [2.24, 2.45) is 16.2 Å². The van der Waals surface area contributed by atoms with Crippen molar-refractivity contribution >= 4 is 39.0 Å². The number of ether oxygens (including phenoxy) is 2. The van der Waals surface area contributed by atoms with Crippen molar-refractivity contribution in [2.75, 3.05) is 37.5 Å². The van der Waals surface area contributed by atoms with E-state index in [9.17, 15) is 13.8 Å². The molecule has 1 saturated carbocycles. The van der Waals surface area contributed by atoms with Gasteiger partial charge in [-0.3, -0.25) is 14.3 Å². The zero-order valence-electron chi connectivity index (χ0n) is 26.3. The first-order valence-corrected chi connectivity index (χ1v) is 18.4. The third-order valence-corrected chi connectivity index (χ3v) is 12.2. The van der Waals surface area contributed by atoms with Crippen LogP contribution in [0.25, 0.3) is 0 Å². The topological polar surface area (TPSA) is 97.3 Å². The van der Waals surface area contributed by atoms with Crippen LogP contribution in [0.3, 0.4) is 0 Å². The second-order valence-corrected chi connectivity index (χ2v) is 15.5. The minimum atomic E-state index is -3.29. The number of hydrogen-bond acceptors (Lipinski definition) is 6. The van der Waals surface area contributed by atoms with Crippen LogP contribution in [0.1, 0.15) is 79.8 Å². The Morgan fingerprint density at radius 1 is 1.20 bits per heavy atom. The summed E-state index contributed by atoms with van der Waals surface area (Å²) in [6.45, 7) is 3.76.